The number of hydrogen-bond donors (Lipinski definition) is 1. The Morgan fingerprint density at radius 3 is 2.54 bits per heavy atom. The van der Waals surface area contributed by atoms with Crippen molar-refractivity contribution in [1.82, 2.24) is 10.2 Å². The van der Waals surface area contributed by atoms with Gasteiger partial charge in [-0.2, -0.15) is 0 Å². The first-order valence-corrected chi connectivity index (χ1v) is 15.4. The number of aliphatic hydroxyl groups excluding tert-OH is 1. The average Bonchev–Trinajstić information content (AvgIpc) is 3.74. The Balaban J connectivity index is 1.36. The number of aromatic nitrogens is 2. The summed E-state index contributed by atoms with van der Waals surface area (Å²) >= 11 is 10.2. The van der Waals surface area contributed by atoms with Crippen LogP contribution in [-0.4, -0.2) is 27.0 Å². The topological polar surface area (TPSA) is 92.6 Å². The largest absolute Gasteiger partial charge is 0.503 e. The van der Waals surface area contributed by atoms with Crippen LogP contribution in [0.4, 0.5) is 5.13 Å². The van der Waals surface area contributed by atoms with E-state index in [0.717, 1.165) is 5.56 Å². The zero-order valence-electron chi connectivity index (χ0n) is 21.1. The smallest absolute Gasteiger partial charge is 0.296 e. The van der Waals surface area contributed by atoms with Crippen LogP contribution in [0.1, 0.15) is 26.8 Å². The van der Waals surface area contributed by atoms with Crippen molar-refractivity contribution in [1.29, 1.82) is 0 Å². The number of thioether (sulfide) groups is 1. The molecule has 1 unspecified atom stereocenters. The maximum atomic E-state index is 13.6. The van der Waals surface area contributed by atoms with E-state index >= 15 is 0 Å². The van der Waals surface area contributed by atoms with Crippen molar-refractivity contribution in [2.24, 2.45) is 0 Å². The second kappa shape index (κ2) is 11.9. The van der Waals surface area contributed by atoms with Gasteiger partial charge in [0.2, 0.25) is 10.9 Å². The van der Waals surface area contributed by atoms with Crippen LogP contribution in [0.3, 0.4) is 0 Å². The first-order valence-electron chi connectivity index (χ1n) is 12.4. The molecule has 1 atom stereocenters. The predicted molar refractivity (Wildman–Crippen MR) is 162 cm³/mol. The number of halogens is 1. The molecule has 11 heteroatoms. The van der Waals surface area contributed by atoms with Gasteiger partial charge in [0.25, 0.3) is 5.91 Å². The van der Waals surface area contributed by atoms with E-state index in [1.54, 1.807) is 41.8 Å². The number of benzene rings is 3. The molecule has 1 aliphatic heterocycles. The van der Waals surface area contributed by atoms with Crippen LogP contribution in [0, 0.1) is 0 Å². The molecule has 1 aliphatic rings. The van der Waals surface area contributed by atoms with E-state index in [2.05, 4.69) is 10.2 Å². The second-order valence-electron chi connectivity index (χ2n) is 8.86. The third kappa shape index (κ3) is 5.64. The van der Waals surface area contributed by atoms with Gasteiger partial charge >= 0.3 is 0 Å². The highest BCUT2D eigenvalue weighted by Gasteiger charge is 2.46. The third-order valence-corrected chi connectivity index (χ3v) is 9.60. The fraction of sp³-hybridized carbons (Fsp3) is 0.0667. The molecule has 204 valence electrons. The summed E-state index contributed by atoms with van der Waals surface area (Å²) in [5.74, 6) is -0.0296. The third-order valence-electron chi connectivity index (χ3n) is 6.26. The van der Waals surface area contributed by atoms with Gasteiger partial charge in [-0.1, -0.05) is 89.3 Å². The van der Waals surface area contributed by atoms with E-state index < -0.39 is 23.5 Å². The van der Waals surface area contributed by atoms with E-state index in [1.165, 1.54) is 39.3 Å². The fourth-order valence-electron chi connectivity index (χ4n) is 4.38. The summed E-state index contributed by atoms with van der Waals surface area (Å²) in [5.41, 5.74) is 1.51. The van der Waals surface area contributed by atoms with Crippen molar-refractivity contribution in [3.05, 3.63) is 129 Å². The van der Waals surface area contributed by atoms with Gasteiger partial charge in [0.05, 0.1) is 16.5 Å². The molecule has 0 spiro atoms. The normalized spacial score (nSPS) is 15.0. The van der Waals surface area contributed by atoms with Crippen molar-refractivity contribution >= 4 is 62.9 Å². The van der Waals surface area contributed by atoms with Gasteiger partial charge in [-0.15, -0.1) is 21.5 Å². The quantitative estimate of drug-likeness (QED) is 0.101. The van der Waals surface area contributed by atoms with Crippen molar-refractivity contribution in [2.45, 2.75) is 16.1 Å². The first kappa shape index (κ1) is 27.2. The number of amides is 1. The number of carbonyl (C=O) groups excluding carboxylic acids is 2. The zero-order chi connectivity index (χ0) is 28.3. The number of rotatable bonds is 9. The molecule has 0 fully saturated rings. The highest BCUT2D eigenvalue weighted by Crippen LogP contribution is 2.45. The lowest BCUT2D eigenvalue weighted by molar-refractivity contribution is -0.117. The van der Waals surface area contributed by atoms with Gasteiger partial charge in [-0.25, -0.2) is 0 Å². The van der Waals surface area contributed by atoms with Crippen molar-refractivity contribution in [3.8, 4) is 11.5 Å². The number of Topliss-reactive ketones (excluding diaryl/α,β-unsaturated/α-hetero) is 1. The number of thiophene rings is 1. The Labute approximate surface area is 252 Å². The van der Waals surface area contributed by atoms with Crippen LogP contribution in [0.15, 0.2) is 112 Å². The number of aliphatic hydroxyl groups is 1. The average molecular weight is 618 g/mol. The van der Waals surface area contributed by atoms with Gasteiger partial charge in [0, 0.05) is 10.8 Å². The van der Waals surface area contributed by atoms with Crippen LogP contribution in [-0.2, 0) is 10.5 Å². The standard InChI is InChI=1S/C30H20ClN3O4S3/c31-22-13-5-4-8-19(22)17-40-30-33-32-29(41-30)34-25(24(27(36)28(34)37)26(35)23-14-7-15-39-23)18-9-6-12-21(16-18)38-20-10-2-1-3-11-20/h1-16,25,36H,17H2. The Hall–Kier alpha value is -3.96. The van der Waals surface area contributed by atoms with Crippen molar-refractivity contribution in [2.75, 3.05) is 4.90 Å². The van der Waals surface area contributed by atoms with E-state index in [4.69, 9.17) is 16.3 Å². The van der Waals surface area contributed by atoms with Gasteiger partial charge in [0.1, 0.15) is 11.5 Å². The number of para-hydroxylation sites is 1. The van der Waals surface area contributed by atoms with E-state index in [9.17, 15) is 14.7 Å². The lowest BCUT2D eigenvalue weighted by Crippen LogP contribution is -2.31. The molecule has 0 radical (unpaired) electrons. The second-order valence-corrected chi connectivity index (χ2v) is 12.4. The van der Waals surface area contributed by atoms with E-state index in [-0.39, 0.29) is 10.7 Å². The molecule has 5 aromatic rings. The number of anilines is 1. The Kier molecular flexibility index (Phi) is 7.89. The van der Waals surface area contributed by atoms with E-state index in [0.29, 0.717) is 37.1 Å². The van der Waals surface area contributed by atoms with Crippen LogP contribution in [0.2, 0.25) is 5.02 Å². The van der Waals surface area contributed by atoms with Gasteiger partial charge in [-0.3, -0.25) is 14.5 Å². The molecule has 0 saturated carbocycles. The maximum absolute atomic E-state index is 13.6. The summed E-state index contributed by atoms with van der Waals surface area (Å²) < 4.78 is 6.64. The summed E-state index contributed by atoms with van der Waals surface area (Å²) in [4.78, 5) is 28.9. The van der Waals surface area contributed by atoms with E-state index in [1.807, 2.05) is 54.6 Å². The van der Waals surface area contributed by atoms with Gasteiger partial charge < -0.3 is 9.84 Å². The van der Waals surface area contributed by atoms with Gasteiger partial charge in [0.15, 0.2) is 10.1 Å². The molecule has 1 N–H and O–H groups in total. The van der Waals surface area contributed by atoms with Crippen molar-refractivity contribution in [3.63, 3.8) is 0 Å². The lowest BCUT2D eigenvalue weighted by atomic mass is 9.95. The molecule has 7 nitrogen and oxygen atoms in total. The van der Waals surface area contributed by atoms with Crippen LogP contribution in [0.25, 0.3) is 0 Å². The summed E-state index contributed by atoms with van der Waals surface area (Å²) in [6.07, 6.45) is 0. The number of hydrogen-bond acceptors (Lipinski definition) is 9. The summed E-state index contributed by atoms with van der Waals surface area (Å²) in [6.45, 7) is 0. The maximum Gasteiger partial charge on any atom is 0.296 e. The van der Waals surface area contributed by atoms with Gasteiger partial charge in [-0.05, 0) is 52.9 Å². The minimum Gasteiger partial charge on any atom is -0.503 e. The molecule has 0 aliphatic carbocycles. The Bertz CT molecular complexity index is 1760. The highest BCUT2D eigenvalue weighted by atomic mass is 35.5. The number of ketones is 1. The minimum atomic E-state index is -0.939. The van der Waals surface area contributed by atoms with Crippen molar-refractivity contribution < 1.29 is 19.4 Å². The predicted octanol–water partition coefficient (Wildman–Crippen LogP) is 8.12. The molecule has 1 amide bonds. The Morgan fingerprint density at radius 1 is 0.976 bits per heavy atom. The molecule has 2 aromatic heterocycles. The summed E-state index contributed by atoms with van der Waals surface area (Å²) in [6, 6.07) is 26.4. The summed E-state index contributed by atoms with van der Waals surface area (Å²) in [7, 11) is 0. The fourth-order valence-corrected chi connectivity index (χ4v) is 7.21. The monoisotopic (exact) mass is 617 g/mol. The Morgan fingerprint density at radius 2 is 1.76 bits per heavy atom. The van der Waals surface area contributed by atoms with Crippen LogP contribution < -0.4 is 9.64 Å². The molecule has 3 heterocycles. The number of ether oxygens (including phenoxy) is 1. The number of carbonyl (C=O) groups is 2. The SMILES string of the molecule is O=C(C1=C(O)C(=O)N(c2nnc(SCc3ccccc3Cl)s2)C1c1cccc(Oc2ccccc2)c1)c1cccs1. The van der Waals surface area contributed by atoms with Crippen LogP contribution >= 0.6 is 46.0 Å². The molecule has 0 saturated heterocycles. The number of nitrogens with zero attached hydrogens (tertiary/aromatic N) is 3. The minimum absolute atomic E-state index is 0.0187. The highest BCUT2D eigenvalue weighted by molar-refractivity contribution is 8.00. The molecule has 3 aromatic carbocycles. The van der Waals surface area contributed by atoms with Crippen LogP contribution in [0.5, 0.6) is 11.5 Å². The molecule has 0 bridgehead atoms. The molecule has 41 heavy (non-hydrogen) atoms. The lowest BCUT2D eigenvalue weighted by Gasteiger charge is -2.24. The molecule has 6 rings (SSSR count). The molecular formula is C30H20ClN3O4S3. The first-order chi connectivity index (χ1) is 20.0. The molecular weight excluding hydrogens is 598 g/mol. The zero-order valence-corrected chi connectivity index (χ0v) is 24.3. The summed E-state index contributed by atoms with van der Waals surface area (Å²) in [5, 5.41) is 22.3.